The largest absolute Gasteiger partial charge is 0.481 e. The van der Waals surface area contributed by atoms with Gasteiger partial charge in [-0.1, -0.05) is 86.3 Å². The van der Waals surface area contributed by atoms with Crippen LogP contribution in [0.1, 0.15) is 62.5 Å². The Labute approximate surface area is 315 Å². The second-order valence-corrected chi connectivity index (χ2v) is 14.7. The number of hydrogen-bond acceptors (Lipinski definition) is 6. The molecule has 54 heavy (non-hydrogen) atoms. The van der Waals surface area contributed by atoms with Gasteiger partial charge in [-0.05, 0) is 85.3 Å². The van der Waals surface area contributed by atoms with Crippen molar-refractivity contribution in [3.8, 4) is 23.0 Å². The van der Waals surface area contributed by atoms with Gasteiger partial charge in [-0.15, -0.1) is 0 Å². The number of carboxylic acids is 2. The number of para-hydroxylation sites is 2. The van der Waals surface area contributed by atoms with E-state index in [0.717, 1.165) is 62.5 Å². The highest BCUT2D eigenvalue weighted by Crippen LogP contribution is 2.50. The second kappa shape index (κ2) is 16.6. The Bertz CT molecular complexity index is 1760. The predicted molar refractivity (Wildman–Crippen MR) is 201 cm³/mol. The molecule has 0 aromatic heterocycles. The van der Waals surface area contributed by atoms with Gasteiger partial charge in [-0.2, -0.15) is 0 Å². The molecule has 2 N–H and O–H groups in total. The third-order valence-electron chi connectivity index (χ3n) is 11.3. The summed E-state index contributed by atoms with van der Waals surface area (Å²) in [4.78, 5) is 58.5. The molecule has 0 radical (unpaired) electrons. The van der Waals surface area contributed by atoms with Gasteiger partial charge < -0.3 is 29.5 Å². The summed E-state index contributed by atoms with van der Waals surface area (Å²) in [5.74, 6) is -6.67. The van der Waals surface area contributed by atoms with Crippen LogP contribution in [0.2, 0.25) is 0 Å². The number of ether oxygens (including phenoxy) is 2. The van der Waals surface area contributed by atoms with Crippen LogP contribution in [0.15, 0.2) is 109 Å². The number of benzene rings is 4. The van der Waals surface area contributed by atoms with Crippen LogP contribution in [-0.4, -0.2) is 55.8 Å². The molecule has 7 rings (SSSR count). The van der Waals surface area contributed by atoms with Crippen LogP contribution in [-0.2, 0) is 32.3 Å². The first-order valence-corrected chi connectivity index (χ1v) is 19.0. The van der Waals surface area contributed by atoms with Gasteiger partial charge in [0, 0.05) is 25.2 Å². The minimum absolute atomic E-state index is 0.144. The van der Waals surface area contributed by atoms with E-state index in [4.69, 9.17) is 9.47 Å². The van der Waals surface area contributed by atoms with Gasteiger partial charge >= 0.3 is 11.9 Å². The molecule has 0 spiro atoms. The van der Waals surface area contributed by atoms with Crippen molar-refractivity contribution in [2.75, 3.05) is 0 Å². The molecule has 3 saturated carbocycles. The lowest BCUT2D eigenvalue weighted by Crippen LogP contribution is -2.65. The fourth-order valence-corrected chi connectivity index (χ4v) is 8.53. The molecule has 0 saturated heterocycles. The second-order valence-electron chi connectivity index (χ2n) is 14.7. The van der Waals surface area contributed by atoms with Crippen molar-refractivity contribution >= 4 is 23.8 Å². The Kier molecular flexibility index (Phi) is 11.3. The van der Waals surface area contributed by atoms with E-state index in [0.29, 0.717) is 23.0 Å². The number of carbonyl (C=O) groups is 4. The number of nitrogens with zero attached hydrogens (tertiary/aromatic N) is 2. The fraction of sp³-hybridized carbons (Fsp3) is 0.364. The molecule has 3 aliphatic carbocycles. The summed E-state index contributed by atoms with van der Waals surface area (Å²) >= 11 is 0. The topological polar surface area (TPSA) is 134 Å². The summed E-state index contributed by atoms with van der Waals surface area (Å²) in [6.45, 7) is 0.417. The molecule has 3 fully saturated rings. The molecule has 4 aromatic carbocycles. The molecule has 4 unspecified atom stereocenters. The Morgan fingerprint density at radius 2 is 0.778 bits per heavy atom. The smallest absolute Gasteiger partial charge is 0.308 e. The average Bonchev–Trinajstić information content (AvgIpc) is 3.90. The summed E-state index contributed by atoms with van der Waals surface area (Å²) in [5.41, 5.74) is 1.65. The van der Waals surface area contributed by atoms with Crippen LogP contribution < -0.4 is 9.47 Å². The minimum atomic E-state index is -1.52. The predicted octanol–water partition coefficient (Wildman–Crippen LogP) is 8.16. The number of rotatable bonds is 14. The first-order chi connectivity index (χ1) is 26.3. The molecule has 4 aromatic rings. The van der Waals surface area contributed by atoms with E-state index in [-0.39, 0.29) is 25.2 Å². The highest BCUT2D eigenvalue weighted by Gasteiger charge is 2.65. The summed E-state index contributed by atoms with van der Waals surface area (Å²) in [6, 6.07) is 33.4. The normalized spacial score (nSPS) is 21.2. The van der Waals surface area contributed by atoms with Crippen molar-refractivity contribution in [2.24, 2.45) is 23.7 Å². The number of aliphatic carboxylic acids is 2. The Morgan fingerprint density at radius 3 is 1.09 bits per heavy atom. The summed E-state index contributed by atoms with van der Waals surface area (Å²) in [6.07, 6.45) is 6.72. The standard InChI is InChI=1S/C44H46N2O8/c47-41(45(31-11-7-8-12-31)27-29-19-23-35(24-20-29)53-33-15-3-1-4-16-33)37-38(40(44(51)52)39(37)43(49)50)42(48)46(32-13-9-10-14-32)28-30-21-25-36(26-22-30)54-34-17-5-2-6-18-34/h1-6,15-26,31-32,37-40H,7-14,27-28H2,(H,49,50)(H,51,52). The highest BCUT2D eigenvalue weighted by molar-refractivity contribution is 6.00. The zero-order valence-electron chi connectivity index (χ0n) is 30.2. The molecule has 0 bridgehead atoms. The van der Waals surface area contributed by atoms with Gasteiger partial charge in [-0.25, -0.2) is 0 Å². The number of amides is 2. The lowest BCUT2D eigenvalue weighted by molar-refractivity contribution is -0.189. The van der Waals surface area contributed by atoms with Gasteiger partial charge in [0.25, 0.3) is 0 Å². The van der Waals surface area contributed by atoms with Crippen molar-refractivity contribution in [2.45, 2.75) is 76.5 Å². The molecular weight excluding hydrogens is 684 g/mol. The Hall–Kier alpha value is -5.64. The average molecular weight is 731 g/mol. The van der Waals surface area contributed by atoms with Crippen molar-refractivity contribution in [1.29, 1.82) is 0 Å². The Balaban J connectivity index is 1.15. The van der Waals surface area contributed by atoms with E-state index in [1.54, 1.807) is 9.80 Å². The van der Waals surface area contributed by atoms with E-state index >= 15 is 0 Å². The first kappa shape index (κ1) is 36.7. The van der Waals surface area contributed by atoms with Gasteiger partial charge in [0.05, 0.1) is 23.7 Å². The van der Waals surface area contributed by atoms with Crippen molar-refractivity contribution in [3.05, 3.63) is 120 Å². The quantitative estimate of drug-likeness (QED) is 0.133. The minimum Gasteiger partial charge on any atom is -0.481 e. The summed E-state index contributed by atoms with van der Waals surface area (Å²) in [7, 11) is 0. The number of carbonyl (C=O) groups excluding carboxylic acids is 2. The lowest BCUT2D eigenvalue weighted by Gasteiger charge is -2.49. The molecule has 10 nitrogen and oxygen atoms in total. The lowest BCUT2D eigenvalue weighted by atomic mass is 9.55. The highest BCUT2D eigenvalue weighted by atomic mass is 16.5. The maximum absolute atomic E-state index is 14.8. The summed E-state index contributed by atoms with van der Waals surface area (Å²) in [5, 5.41) is 20.8. The van der Waals surface area contributed by atoms with Crippen LogP contribution in [0, 0.1) is 23.7 Å². The number of carboxylic acid groups (broad SMARTS) is 2. The molecular formula is C44H46N2O8. The number of hydrogen-bond donors (Lipinski definition) is 2. The van der Waals surface area contributed by atoms with Gasteiger partial charge in [0.2, 0.25) is 11.8 Å². The van der Waals surface area contributed by atoms with Crippen molar-refractivity contribution in [3.63, 3.8) is 0 Å². The molecule has 0 heterocycles. The van der Waals surface area contributed by atoms with Gasteiger partial charge in [-0.3, -0.25) is 19.2 Å². The zero-order valence-corrected chi connectivity index (χ0v) is 30.2. The maximum Gasteiger partial charge on any atom is 0.308 e. The molecule has 3 aliphatic rings. The molecule has 2 amide bonds. The molecule has 0 aliphatic heterocycles. The van der Waals surface area contributed by atoms with E-state index in [9.17, 15) is 29.4 Å². The maximum atomic E-state index is 14.8. The fourth-order valence-electron chi connectivity index (χ4n) is 8.53. The van der Waals surface area contributed by atoms with Crippen molar-refractivity contribution < 1.29 is 38.9 Å². The first-order valence-electron chi connectivity index (χ1n) is 19.0. The van der Waals surface area contributed by atoms with Crippen LogP contribution in [0.25, 0.3) is 0 Å². The van der Waals surface area contributed by atoms with E-state index in [1.807, 2.05) is 109 Å². The van der Waals surface area contributed by atoms with E-state index < -0.39 is 47.4 Å². The van der Waals surface area contributed by atoms with Gasteiger partial charge in [0.1, 0.15) is 23.0 Å². The third kappa shape index (κ3) is 8.12. The molecule has 10 heteroatoms. The SMILES string of the molecule is O=C(O)C1C(C(=O)O)C(C(=O)N(Cc2ccc(Oc3ccccc3)cc2)C2CCCC2)C1C(=O)N(Cc1ccc(Oc2ccccc2)cc1)C1CCCC1. The van der Waals surface area contributed by atoms with Crippen LogP contribution >= 0.6 is 0 Å². The van der Waals surface area contributed by atoms with Crippen LogP contribution in [0.5, 0.6) is 23.0 Å². The molecule has 4 atom stereocenters. The van der Waals surface area contributed by atoms with Crippen LogP contribution in [0.4, 0.5) is 0 Å². The zero-order chi connectivity index (χ0) is 37.6. The van der Waals surface area contributed by atoms with Gasteiger partial charge in [0.15, 0.2) is 0 Å². The van der Waals surface area contributed by atoms with E-state index in [2.05, 4.69) is 0 Å². The summed E-state index contributed by atoms with van der Waals surface area (Å²) < 4.78 is 11.9. The monoisotopic (exact) mass is 730 g/mol. The third-order valence-corrected chi connectivity index (χ3v) is 11.3. The Morgan fingerprint density at radius 1 is 0.463 bits per heavy atom. The van der Waals surface area contributed by atoms with Crippen molar-refractivity contribution in [1.82, 2.24) is 9.80 Å². The van der Waals surface area contributed by atoms with Crippen LogP contribution in [0.3, 0.4) is 0 Å². The van der Waals surface area contributed by atoms with E-state index in [1.165, 1.54) is 0 Å². The molecule has 280 valence electrons.